The van der Waals surface area contributed by atoms with Gasteiger partial charge in [0.15, 0.2) is 0 Å². The standard InChI is InChI=1S/C28H21NO2/c1-18-23(20-12-6-3-7-13-20)24(21-14-8-4-9-15-21)19(2)26-25(18)27(30)29(28(26)31)22-16-10-5-11-17-22/h3-17H,1-2H3. The van der Waals surface area contributed by atoms with Crippen LogP contribution in [-0.2, 0) is 0 Å². The number of hydrogen-bond acceptors (Lipinski definition) is 2. The van der Waals surface area contributed by atoms with E-state index in [1.165, 1.54) is 4.90 Å². The number of hydrogen-bond donors (Lipinski definition) is 0. The molecule has 4 aromatic rings. The van der Waals surface area contributed by atoms with Crippen LogP contribution in [0.15, 0.2) is 91.0 Å². The first-order chi connectivity index (χ1) is 15.1. The Morgan fingerprint density at radius 3 is 1.23 bits per heavy atom. The van der Waals surface area contributed by atoms with Crippen molar-refractivity contribution in [2.24, 2.45) is 0 Å². The monoisotopic (exact) mass is 403 g/mol. The molecule has 1 heterocycles. The van der Waals surface area contributed by atoms with E-state index in [9.17, 15) is 9.59 Å². The summed E-state index contributed by atoms with van der Waals surface area (Å²) in [6.45, 7) is 3.90. The predicted octanol–water partition coefficient (Wildman–Crippen LogP) is 6.44. The second kappa shape index (κ2) is 7.37. The molecule has 3 heteroatoms. The van der Waals surface area contributed by atoms with E-state index >= 15 is 0 Å². The molecule has 0 aromatic heterocycles. The lowest BCUT2D eigenvalue weighted by Gasteiger charge is -2.19. The Kier molecular flexibility index (Phi) is 4.52. The molecule has 0 spiro atoms. The van der Waals surface area contributed by atoms with Crippen molar-refractivity contribution < 1.29 is 9.59 Å². The van der Waals surface area contributed by atoms with Crippen LogP contribution in [0.2, 0.25) is 0 Å². The highest BCUT2D eigenvalue weighted by molar-refractivity contribution is 6.36. The minimum absolute atomic E-state index is 0.261. The summed E-state index contributed by atoms with van der Waals surface area (Å²) in [6.07, 6.45) is 0. The van der Waals surface area contributed by atoms with Crippen LogP contribution in [0.25, 0.3) is 22.3 Å². The summed E-state index contributed by atoms with van der Waals surface area (Å²) in [5, 5.41) is 0. The van der Waals surface area contributed by atoms with Gasteiger partial charge in [-0.2, -0.15) is 0 Å². The molecule has 0 saturated heterocycles. The van der Waals surface area contributed by atoms with Crippen LogP contribution in [0.3, 0.4) is 0 Å². The largest absolute Gasteiger partial charge is 0.268 e. The first-order valence-corrected chi connectivity index (χ1v) is 10.3. The first-order valence-electron chi connectivity index (χ1n) is 10.3. The summed E-state index contributed by atoms with van der Waals surface area (Å²) < 4.78 is 0. The summed E-state index contributed by atoms with van der Waals surface area (Å²) in [5.74, 6) is -0.521. The van der Waals surface area contributed by atoms with Gasteiger partial charge in [0.05, 0.1) is 16.8 Å². The lowest BCUT2D eigenvalue weighted by molar-refractivity contribution is 0.0926. The molecule has 150 valence electrons. The van der Waals surface area contributed by atoms with Crippen molar-refractivity contribution in [1.29, 1.82) is 0 Å². The second-order valence-corrected chi connectivity index (χ2v) is 7.76. The number of carbonyl (C=O) groups excluding carboxylic acids is 2. The number of nitrogens with zero attached hydrogens (tertiary/aromatic N) is 1. The van der Waals surface area contributed by atoms with E-state index in [0.29, 0.717) is 16.8 Å². The van der Waals surface area contributed by atoms with Crippen molar-refractivity contribution in [2.45, 2.75) is 13.8 Å². The third-order valence-corrected chi connectivity index (χ3v) is 5.97. The van der Waals surface area contributed by atoms with Crippen molar-refractivity contribution in [3.8, 4) is 22.3 Å². The number of rotatable bonds is 3. The Bertz CT molecular complexity index is 1230. The van der Waals surface area contributed by atoms with Crippen molar-refractivity contribution >= 4 is 17.5 Å². The van der Waals surface area contributed by atoms with Crippen molar-refractivity contribution in [2.75, 3.05) is 4.90 Å². The molecule has 5 rings (SSSR count). The van der Waals surface area contributed by atoms with Gasteiger partial charge >= 0.3 is 0 Å². The molecule has 0 atom stereocenters. The molecule has 0 saturated carbocycles. The van der Waals surface area contributed by atoms with Crippen molar-refractivity contribution in [3.05, 3.63) is 113 Å². The molecular formula is C28H21NO2. The molecule has 0 aliphatic carbocycles. The predicted molar refractivity (Wildman–Crippen MR) is 124 cm³/mol. The van der Waals surface area contributed by atoms with E-state index in [2.05, 4.69) is 24.3 Å². The topological polar surface area (TPSA) is 37.4 Å². The molecule has 4 aromatic carbocycles. The number of carbonyl (C=O) groups is 2. The van der Waals surface area contributed by atoms with Gasteiger partial charge in [-0.3, -0.25) is 9.59 Å². The Hall–Kier alpha value is -3.98. The Labute approximate surface area is 181 Å². The average molecular weight is 403 g/mol. The lowest BCUT2D eigenvalue weighted by Crippen LogP contribution is -2.29. The van der Waals surface area contributed by atoms with Gasteiger partial charge in [0.25, 0.3) is 11.8 Å². The third kappa shape index (κ3) is 2.89. The van der Waals surface area contributed by atoms with Crippen LogP contribution >= 0.6 is 0 Å². The van der Waals surface area contributed by atoms with Gasteiger partial charge in [0.1, 0.15) is 0 Å². The van der Waals surface area contributed by atoms with Crippen LogP contribution in [-0.4, -0.2) is 11.8 Å². The van der Waals surface area contributed by atoms with Gasteiger partial charge < -0.3 is 0 Å². The van der Waals surface area contributed by atoms with Crippen LogP contribution in [0, 0.1) is 13.8 Å². The zero-order valence-electron chi connectivity index (χ0n) is 17.4. The maximum absolute atomic E-state index is 13.5. The van der Waals surface area contributed by atoms with E-state index in [0.717, 1.165) is 33.4 Å². The van der Waals surface area contributed by atoms with E-state index in [1.54, 1.807) is 12.1 Å². The Morgan fingerprint density at radius 1 is 0.484 bits per heavy atom. The van der Waals surface area contributed by atoms with E-state index in [1.807, 2.05) is 68.4 Å². The van der Waals surface area contributed by atoms with Crippen molar-refractivity contribution in [1.82, 2.24) is 0 Å². The zero-order valence-corrected chi connectivity index (χ0v) is 17.4. The third-order valence-electron chi connectivity index (χ3n) is 5.97. The normalized spacial score (nSPS) is 12.9. The van der Waals surface area contributed by atoms with E-state index in [4.69, 9.17) is 0 Å². The summed E-state index contributed by atoms with van der Waals surface area (Å²) >= 11 is 0. The highest BCUT2D eigenvalue weighted by Gasteiger charge is 2.41. The first kappa shape index (κ1) is 19.0. The quantitative estimate of drug-likeness (QED) is 0.369. The Balaban J connectivity index is 1.84. The van der Waals surface area contributed by atoms with Gasteiger partial charge in [-0.25, -0.2) is 4.90 Å². The molecule has 1 aliphatic heterocycles. The van der Waals surface area contributed by atoms with Gasteiger partial charge in [0.2, 0.25) is 0 Å². The summed E-state index contributed by atoms with van der Waals surface area (Å²) in [6, 6.07) is 29.3. The summed E-state index contributed by atoms with van der Waals surface area (Å²) in [5.41, 5.74) is 7.33. The number of benzene rings is 4. The molecule has 0 bridgehead atoms. The fourth-order valence-corrected chi connectivity index (χ4v) is 4.59. The van der Waals surface area contributed by atoms with E-state index in [-0.39, 0.29) is 11.8 Å². The summed E-state index contributed by atoms with van der Waals surface area (Å²) in [4.78, 5) is 28.3. The van der Waals surface area contributed by atoms with Gasteiger partial charge in [-0.1, -0.05) is 78.9 Å². The SMILES string of the molecule is Cc1c2c(c(C)c(-c3ccccc3)c1-c1ccccc1)C(=O)N(c1ccccc1)C2=O. The van der Waals surface area contributed by atoms with Crippen LogP contribution in [0.4, 0.5) is 5.69 Å². The molecule has 0 radical (unpaired) electrons. The average Bonchev–Trinajstić information content (AvgIpc) is 3.08. The number of para-hydroxylation sites is 1. The molecule has 2 amide bonds. The van der Waals surface area contributed by atoms with E-state index < -0.39 is 0 Å². The number of imide groups is 1. The maximum Gasteiger partial charge on any atom is 0.266 e. The number of fused-ring (bicyclic) bond motifs is 1. The minimum atomic E-state index is -0.261. The molecular weight excluding hydrogens is 382 g/mol. The zero-order chi connectivity index (χ0) is 21.5. The van der Waals surface area contributed by atoms with Gasteiger partial charge in [0, 0.05) is 0 Å². The molecule has 3 nitrogen and oxygen atoms in total. The van der Waals surface area contributed by atoms with Crippen LogP contribution in [0.5, 0.6) is 0 Å². The fourth-order valence-electron chi connectivity index (χ4n) is 4.59. The molecule has 0 unspecified atom stereocenters. The number of anilines is 1. The highest BCUT2D eigenvalue weighted by Crippen LogP contribution is 2.44. The minimum Gasteiger partial charge on any atom is -0.268 e. The van der Waals surface area contributed by atoms with Crippen LogP contribution in [0.1, 0.15) is 31.8 Å². The second-order valence-electron chi connectivity index (χ2n) is 7.76. The maximum atomic E-state index is 13.5. The Morgan fingerprint density at radius 2 is 0.839 bits per heavy atom. The van der Waals surface area contributed by atoms with Gasteiger partial charge in [-0.15, -0.1) is 0 Å². The molecule has 0 N–H and O–H groups in total. The van der Waals surface area contributed by atoms with Gasteiger partial charge in [-0.05, 0) is 59.4 Å². The highest BCUT2D eigenvalue weighted by atomic mass is 16.2. The van der Waals surface area contributed by atoms with Crippen LogP contribution < -0.4 is 4.90 Å². The molecule has 0 fully saturated rings. The number of amides is 2. The molecule has 31 heavy (non-hydrogen) atoms. The molecule has 1 aliphatic rings. The fraction of sp³-hybridized carbons (Fsp3) is 0.0714. The smallest absolute Gasteiger partial charge is 0.266 e. The summed E-state index contributed by atoms with van der Waals surface area (Å²) in [7, 11) is 0. The lowest BCUT2D eigenvalue weighted by atomic mass is 9.82. The van der Waals surface area contributed by atoms with Crippen molar-refractivity contribution in [3.63, 3.8) is 0 Å².